The Bertz CT molecular complexity index is 1560. The maximum atomic E-state index is 13.4. The highest BCUT2D eigenvalue weighted by Gasteiger charge is 2.32. The van der Waals surface area contributed by atoms with Gasteiger partial charge in [0, 0.05) is 57.6 Å². The van der Waals surface area contributed by atoms with E-state index in [2.05, 4.69) is 34.3 Å². The number of carbonyl (C=O) groups excluding carboxylic acids is 2. The van der Waals surface area contributed by atoms with Crippen molar-refractivity contribution in [2.24, 2.45) is 0 Å². The predicted octanol–water partition coefficient (Wildman–Crippen LogP) is 3.43. The monoisotopic (exact) mass is 551 g/mol. The van der Waals surface area contributed by atoms with E-state index >= 15 is 0 Å². The third-order valence-electron chi connectivity index (χ3n) is 8.24. The minimum Gasteiger partial charge on any atom is -0.478 e. The summed E-state index contributed by atoms with van der Waals surface area (Å²) in [7, 11) is 4.04. The molecule has 0 aliphatic carbocycles. The highest BCUT2D eigenvalue weighted by molar-refractivity contribution is 6.37. The summed E-state index contributed by atoms with van der Waals surface area (Å²) in [6.45, 7) is 5.36. The van der Waals surface area contributed by atoms with Gasteiger partial charge in [-0.1, -0.05) is 42.5 Å². The number of carbonyl (C=O) groups is 3. The number of piperazine rings is 1. The molecule has 2 N–H and O–H groups in total. The maximum absolute atomic E-state index is 13.4. The first-order valence-corrected chi connectivity index (χ1v) is 13.8. The Morgan fingerprint density at radius 3 is 2.37 bits per heavy atom. The molecule has 0 saturated carbocycles. The van der Waals surface area contributed by atoms with Gasteiger partial charge in [-0.15, -0.1) is 0 Å². The molecule has 0 bridgehead atoms. The van der Waals surface area contributed by atoms with Crippen molar-refractivity contribution < 1.29 is 19.5 Å². The lowest BCUT2D eigenvalue weighted by Crippen LogP contribution is -2.48. The number of nitrogens with one attached hydrogen (secondary N) is 1. The van der Waals surface area contributed by atoms with Crippen molar-refractivity contribution in [1.82, 2.24) is 14.7 Å². The van der Waals surface area contributed by atoms with Crippen LogP contribution in [0.5, 0.6) is 0 Å². The van der Waals surface area contributed by atoms with Gasteiger partial charge in [-0.3, -0.25) is 14.5 Å². The molecule has 3 aliphatic heterocycles. The normalized spacial score (nSPS) is 18.1. The summed E-state index contributed by atoms with van der Waals surface area (Å²) in [6.07, 6.45) is 0. The Morgan fingerprint density at radius 1 is 0.902 bits per heavy atom. The van der Waals surface area contributed by atoms with Gasteiger partial charge < -0.3 is 25.1 Å². The molecule has 0 atom stereocenters. The molecule has 41 heavy (non-hydrogen) atoms. The number of rotatable bonds is 6. The lowest BCUT2D eigenvalue weighted by Gasteiger charge is -2.32. The molecule has 3 heterocycles. The lowest BCUT2D eigenvalue weighted by atomic mass is 9.98. The average molecular weight is 552 g/mol. The van der Waals surface area contributed by atoms with E-state index in [1.165, 1.54) is 12.1 Å². The average Bonchev–Trinajstić information content (AvgIpc) is 3.55. The Balaban J connectivity index is 1.30. The van der Waals surface area contributed by atoms with Crippen molar-refractivity contribution in [2.75, 3.05) is 57.0 Å². The minimum atomic E-state index is -1.05. The molecule has 210 valence electrons. The van der Waals surface area contributed by atoms with Gasteiger partial charge in [-0.05, 0) is 48.0 Å². The van der Waals surface area contributed by atoms with Crippen LogP contribution in [0.3, 0.4) is 0 Å². The molecule has 2 amide bonds. The van der Waals surface area contributed by atoms with Crippen LogP contribution in [0, 0.1) is 0 Å². The fourth-order valence-corrected chi connectivity index (χ4v) is 5.83. The molecule has 9 nitrogen and oxygen atoms in total. The zero-order valence-corrected chi connectivity index (χ0v) is 23.3. The van der Waals surface area contributed by atoms with Gasteiger partial charge in [0.15, 0.2) is 0 Å². The molecule has 0 unspecified atom stereocenters. The molecule has 0 aromatic heterocycles. The third kappa shape index (κ3) is 5.21. The van der Waals surface area contributed by atoms with Crippen LogP contribution in [-0.4, -0.2) is 84.4 Å². The third-order valence-corrected chi connectivity index (χ3v) is 8.24. The van der Waals surface area contributed by atoms with E-state index in [1.54, 1.807) is 6.07 Å². The van der Waals surface area contributed by atoms with E-state index in [1.807, 2.05) is 53.2 Å². The van der Waals surface area contributed by atoms with E-state index in [0.717, 1.165) is 48.6 Å². The number of aromatic carboxylic acids is 1. The van der Waals surface area contributed by atoms with Crippen molar-refractivity contribution in [1.29, 1.82) is 0 Å². The van der Waals surface area contributed by atoms with Crippen LogP contribution in [0.15, 0.2) is 66.7 Å². The summed E-state index contributed by atoms with van der Waals surface area (Å²) in [6, 6.07) is 20.6. The smallest absolute Gasteiger partial charge is 0.335 e. The standard InChI is InChI=1S/C32H33N5O4/c1-34-12-14-36(15-13-34)20-28(38)37-18-23-8-10-25(16-24(23)19-37)35(2)30(21-6-4-3-5-7-21)29-26-11-9-22(32(40)41)17-27(26)33-31(29)39/h3-11,16-17H,12-15,18-20H2,1-2H3,(H,33,39)(H,40,41)/b30-29-. The summed E-state index contributed by atoms with van der Waals surface area (Å²) in [5.41, 5.74) is 6.44. The Hall–Kier alpha value is -4.47. The molecule has 1 saturated heterocycles. The van der Waals surface area contributed by atoms with Crippen LogP contribution in [0.1, 0.15) is 32.6 Å². The van der Waals surface area contributed by atoms with E-state index in [4.69, 9.17) is 0 Å². The molecule has 1 fully saturated rings. The van der Waals surface area contributed by atoms with Gasteiger partial charge in [0.05, 0.1) is 29.1 Å². The van der Waals surface area contributed by atoms with Crippen molar-refractivity contribution in [3.63, 3.8) is 0 Å². The van der Waals surface area contributed by atoms with Crippen molar-refractivity contribution in [3.05, 3.63) is 94.5 Å². The van der Waals surface area contributed by atoms with Gasteiger partial charge in [0.2, 0.25) is 5.91 Å². The van der Waals surface area contributed by atoms with Crippen molar-refractivity contribution >= 4 is 40.4 Å². The van der Waals surface area contributed by atoms with Crippen molar-refractivity contribution in [2.45, 2.75) is 13.1 Å². The zero-order chi connectivity index (χ0) is 28.7. The van der Waals surface area contributed by atoms with Crippen LogP contribution in [0.25, 0.3) is 11.3 Å². The molecule has 3 aromatic rings. The molecule has 0 spiro atoms. The van der Waals surface area contributed by atoms with Gasteiger partial charge >= 0.3 is 5.97 Å². The number of likely N-dealkylation sites (N-methyl/N-ethyl adjacent to an activating group) is 1. The summed E-state index contributed by atoms with van der Waals surface area (Å²) in [5.74, 6) is -1.18. The summed E-state index contributed by atoms with van der Waals surface area (Å²) < 4.78 is 0. The van der Waals surface area contributed by atoms with E-state index in [-0.39, 0.29) is 17.4 Å². The van der Waals surface area contributed by atoms with Crippen LogP contribution in [0.2, 0.25) is 0 Å². The number of carboxylic acid groups (broad SMARTS) is 1. The Labute approximate surface area is 239 Å². The van der Waals surface area contributed by atoms with E-state index in [0.29, 0.717) is 42.2 Å². The molecule has 3 aromatic carbocycles. The maximum Gasteiger partial charge on any atom is 0.335 e. The largest absolute Gasteiger partial charge is 0.478 e. The number of nitrogens with zero attached hydrogens (tertiary/aromatic N) is 4. The first-order chi connectivity index (χ1) is 19.8. The first kappa shape index (κ1) is 26.7. The van der Waals surface area contributed by atoms with Gasteiger partial charge in [0.25, 0.3) is 5.91 Å². The van der Waals surface area contributed by atoms with Gasteiger partial charge in [-0.2, -0.15) is 0 Å². The number of hydrogen-bond acceptors (Lipinski definition) is 6. The molecule has 9 heteroatoms. The summed E-state index contributed by atoms with van der Waals surface area (Å²) in [4.78, 5) is 46.4. The number of hydrogen-bond donors (Lipinski definition) is 2. The molecular formula is C32H33N5O4. The zero-order valence-electron chi connectivity index (χ0n) is 23.3. The number of amides is 2. The topological polar surface area (TPSA) is 96.4 Å². The SMILES string of the molecule is CN1CCN(CC(=O)N2Cc3ccc(N(C)/C(=C4\C(=O)Nc5cc(C(=O)O)ccc54)c4ccccc4)cc3C2)CC1. The molecule has 6 rings (SSSR count). The number of benzene rings is 3. The minimum absolute atomic E-state index is 0.116. The number of anilines is 2. The Kier molecular flexibility index (Phi) is 7.07. The van der Waals surface area contributed by atoms with Crippen LogP contribution in [-0.2, 0) is 22.7 Å². The second-order valence-electron chi connectivity index (χ2n) is 11.0. The van der Waals surface area contributed by atoms with Crippen LogP contribution < -0.4 is 10.2 Å². The number of carboxylic acids is 1. The predicted molar refractivity (Wildman–Crippen MR) is 158 cm³/mol. The second-order valence-corrected chi connectivity index (χ2v) is 11.0. The highest BCUT2D eigenvalue weighted by atomic mass is 16.4. The molecule has 3 aliphatic rings. The van der Waals surface area contributed by atoms with Crippen LogP contribution in [0.4, 0.5) is 11.4 Å². The fraction of sp³-hybridized carbons (Fsp3) is 0.281. The molecular weight excluding hydrogens is 518 g/mol. The quantitative estimate of drug-likeness (QED) is 0.453. The van der Waals surface area contributed by atoms with Crippen LogP contribution >= 0.6 is 0 Å². The summed E-state index contributed by atoms with van der Waals surface area (Å²) >= 11 is 0. The van der Waals surface area contributed by atoms with E-state index in [9.17, 15) is 19.5 Å². The molecule has 0 radical (unpaired) electrons. The summed E-state index contributed by atoms with van der Waals surface area (Å²) in [5, 5.41) is 12.3. The number of fused-ring (bicyclic) bond motifs is 2. The lowest BCUT2D eigenvalue weighted by molar-refractivity contribution is -0.133. The van der Waals surface area contributed by atoms with E-state index < -0.39 is 5.97 Å². The first-order valence-electron chi connectivity index (χ1n) is 13.8. The van der Waals surface area contributed by atoms with Crippen molar-refractivity contribution in [3.8, 4) is 0 Å². The fourth-order valence-electron chi connectivity index (χ4n) is 5.83. The van der Waals surface area contributed by atoms with Gasteiger partial charge in [0.1, 0.15) is 0 Å². The Morgan fingerprint density at radius 2 is 1.63 bits per heavy atom. The highest BCUT2D eigenvalue weighted by Crippen LogP contribution is 2.40. The van der Waals surface area contributed by atoms with Gasteiger partial charge in [-0.25, -0.2) is 4.79 Å². The second kappa shape index (κ2) is 10.8.